The summed E-state index contributed by atoms with van der Waals surface area (Å²) in [7, 11) is 0. The van der Waals surface area contributed by atoms with Crippen molar-refractivity contribution < 1.29 is 14.7 Å². The fraction of sp³-hybridized carbons (Fsp3) is 0.0500. The summed E-state index contributed by atoms with van der Waals surface area (Å²) >= 11 is 7.25. The van der Waals surface area contributed by atoms with Crippen molar-refractivity contribution in [3.05, 3.63) is 64.5 Å². The van der Waals surface area contributed by atoms with Crippen LogP contribution in [0, 0.1) is 0 Å². The van der Waals surface area contributed by atoms with E-state index in [0.717, 1.165) is 11.3 Å². The van der Waals surface area contributed by atoms with Gasteiger partial charge in [0.15, 0.2) is 6.29 Å². The molecule has 0 radical (unpaired) electrons. The SMILES string of the molecule is CC(=N/Nc1nc(-c2ccc(Cl)cc2)cs1)/C(C=O)=N/Nc1ccccc1C(=O)O. The number of aldehydes is 1. The number of benzene rings is 2. The van der Waals surface area contributed by atoms with Gasteiger partial charge >= 0.3 is 5.97 Å². The first kappa shape index (κ1) is 21.2. The maximum absolute atomic E-state index is 11.4. The van der Waals surface area contributed by atoms with Gasteiger partial charge in [0.25, 0.3) is 0 Å². The van der Waals surface area contributed by atoms with Gasteiger partial charge in [0.1, 0.15) is 5.71 Å². The Balaban J connectivity index is 1.71. The molecule has 0 amide bonds. The van der Waals surface area contributed by atoms with Crippen molar-refractivity contribution in [1.82, 2.24) is 4.98 Å². The largest absolute Gasteiger partial charge is 0.478 e. The number of carbonyl (C=O) groups is 2. The lowest BCUT2D eigenvalue weighted by atomic mass is 10.2. The van der Waals surface area contributed by atoms with Crippen LogP contribution in [0.15, 0.2) is 64.1 Å². The molecule has 152 valence electrons. The second kappa shape index (κ2) is 9.77. The summed E-state index contributed by atoms with van der Waals surface area (Å²) in [6.07, 6.45) is 0.526. The standard InChI is InChI=1S/C20H16ClN5O3S/c1-12(17(10-27)25-24-16-5-3-2-4-15(16)19(28)29)23-26-20-22-18(11-30-20)13-6-8-14(21)9-7-13/h2-11,24H,1H3,(H,22,26)(H,28,29)/b23-12-,25-17+. The number of nitrogens with zero attached hydrogens (tertiary/aromatic N) is 3. The van der Waals surface area contributed by atoms with Gasteiger partial charge in [0.05, 0.1) is 22.7 Å². The van der Waals surface area contributed by atoms with Crippen LogP contribution in [0.25, 0.3) is 11.3 Å². The molecule has 0 unspecified atom stereocenters. The first-order valence-electron chi connectivity index (χ1n) is 8.61. The fourth-order valence-electron chi connectivity index (χ4n) is 2.35. The van der Waals surface area contributed by atoms with Crippen LogP contribution < -0.4 is 10.9 Å². The third-order valence-electron chi connectivity index (χ3n) is 3.90. The third kappa shape index (κ3) is 5.28. The van der Waals surface area contributed by atoms with Crippen LogP contribution in [0.3, 0.4) is 0 Å². The highest BCUT2D eigenvalue weighted by Gasteiger charge is 2.10. The van der Waals surface area contributed by atoms with Gasteiger partial charge in [-0.3, -0.25) is 15.6 Å². The zero-order valence-electron chi connectivity index (χ0n) is 15.7. The van der Waals surface area contributed by atoms with Crippen LogP contribution in [0.5, 0.6) is 0 Å². The minimum Gasteiger partial charge on any atom is -0.478 e. The molecular formula is C20H16ClN5O3S. The second-order valence-corrected chi connectivity index (χ2v) is 7.23. The molecule has 8 nitrogen and oxygen atoms in total. The lowest BCUT2D eigenvalue weighted by molar-refractivity contribution is -0.102. The molecule has 0 aliphatic heterocycles. The number of carboxylic acid groups (broad SMARTS) is 1. The molecule has 1 aromatic heterocycles. The summed E-state index contributed by atoms with van der Waals surface area (Å²) in [5.74, 6) is -1.10. The number of hydrogen-bond acceptors (Lipinski definition) is 8. The molecule has 3 rings (SSSR count). The van der Waals surface area contributed by atoms with E-state index in [1.54, 1.807) is 37.3 Å². The highest BCUT2D eigenvalue weighted by Crippen LogP contribution is 2.26. The monoisotopic (exact) mass is 441 g/mol. The Morgan fingerprint density at radius 3 is 2.57 bits per heavy atom. The molecule has 3 N–H and O–H groups in total. The topological polar surface area (TPSA) is 116 Å². The summed E-state index contributed by atoms with van der Waals surface area (Å²) in [5.41, 5.74) is 7.69. The average molecular weight is 442 g/mol. The molecule has 0 bridgehead atoms. The molecule has 1 heterocycles. The van der Waals surface area contributed by atoms with Crippen molar-refractivity contribution in [3.8, 4) is 11.3 Å². The van der Waals surface area contributed by atoms with E-state index in [1.165, 1.54) is 17.4 Å². The molecule has 0 spiro atoms. The van der Waals surface area contributed by atoms with E-state index in [-0.39, 0.29) is 17.0 Å². The molecule has 0 fully saturated rings. The van der Waals surface area contributed by atoms with Crippen molar-refractivity contribution >= 4 is 57.4 Å². The minimum atomic E-state index is -1.10. The number of carbonyl (C=O) groups excluding carboxylic acids is 1. The molecule has 0 aliphatic carbocycles. The van der Waals surface area contributed by atoms with E-state index in [1.807, 2.05) is 17.5 Å². The van der Waals surface area contributed by atoms with Gasteiger partial charge in [-0.1, -0.05) is 35.9 Å². The summed E-state index contributed by atoms with van der Waals surface area (Å²) < 4.78 is 0. The Kier molecular flexibility index (Phi) is 6.89. The van der Waals surface area contributed by atoms with Crippen molar-refractivity contribution in [2.45, 2.75) is 6.92 Å². The molecule has 2 aromatic carbocycles. The first-order valence-corrected chi connectivity index (χ1v) is 9.87. The maximum Gasteiger partial charge on any atom is 0.337 e. The number of para-hydroxylation sites is 1. The van der Waals surface area contributed by atoms with Crippen LogP contribution in [0.4, 0.5) is 10.8 Å². The second-order valence-electron chi connectivity index (χ2n) is 5.93. The summed E-state index contributed by atoms with van der Waals surface area (Å²) in [5, 5.41) is 20.3. The van der Waals surface area contributed by atoms with E-state index >= 15 is 0 Å². The number of rotatable bonds is 8. The minimum absolute atomic E-state index is 0.0113. The van der Waals surface area contributed by atoms with Crippen molar-refractivity contribution in [2.24, 2.45) is 10.2 Å². The molecule has 0 atom stereocenters. The number of anilines is 2. The molecule has 10 heteroatoms. The van der Waals surface area contributed by atoms with Crippen molar-refractivity contribution in [2.75, 3.05) is 10.9 Å². The summed E-state index contributed by atoms with van der Waals surface area (Å²) in [6, 6.07) is 13.6. The number of hydrogen-bond donors (Lipinski definition) is 3. The number of hydrazone groups is 2. The Bertz CT molecular complexity index is 1130. The molecule has 0 saturated heterocycles. The highest BCUT2D eigenvalue weighted by molar-refractivity contribution is 7.14. The van der Waals surface area contributed by atoms with Gasteiger partial charge in [0, 0.05) is 16.0 Å². The molecule has 0 aliphatic rings. The number of aromatic nitrogens is 1. The summed E-state index contributed by atoms with van der Waals surface area (Å²) in [6.45, 7) is 1.60. The molecule has 0 saturated carbocycles. The third-order valence-corrected chi connectivity index (χ3v) is 4.90. The van der Waals surface area contributed by atoms with Gasteiger partial charge in [-0.2, -0.15) is 10.2 Å². The number of halogens is 1. The lowest BCUT2D eigenvalue weighted by Crippen LogP contribution is -2.16. The van der Waals surface area contributed by atoms with Crippen LogP contribution >= 0.6 is 22.9 Å². The van der Waals surface area contributed by atoms with Crippen molar-refractivity contribution in [1.29, 1.82) is 0 Å². The van der Waals surface area contributed by atoms with Crippen LogP contribution in [0.2, 0.25) is 5.02 Å². The first-order chi connectivity index (χ1) is 14.5. The van der Waals surface area contributed by atoms with Crippen LogP contribution in [-0.4, -0.2) is 33.8 Å². The Morgan fingerprint density at radius 2 is 1.87 bits per heavy atom. The molecule has 30 heavy (non-hydrogen) atoms. The molecule has 3 aromatic rings. The Morgan fingerprint density at radius 1 is 1.13 bits per heavy atom. The predicted octanol–water partition coefficient (Wildman–Crippen LogP) is 4.62. The van der Waals surface area contributed by atoms with Gasteiger partial charge in [-0.25, -0.2) is 9.78 Å². The average Bonchev–Trinajstić information content (AvgIpc) is 3.22. The van der Waals surface area contributed by atoms with Crippen LogP contribution in [-0.2, 0) is 4.79 Å². The van der Waals surface area contributed by atoms with Gasteiger partial charge in [0.2, 0.25) is 5.13 Å². The van der Waals surface area contributed by atoms with E-state index in [2.05, 4.69) is 26.0 Å². The smallest absolute Gasteiger partial charge is 0.337 e. The van der Waals surface area contributed by atoms with E-state index in [0.29, 0.717) is 22.2 Å². The van der Waals surface area contributed by atoms with Gasteiger partial charge in [-0.15, -0.1) is 11.3 Å². The molecular weight excluding hydrogens is 426 g/mol. The zero-order valence-corrected chi connectivity index (χ0v) is 17.2. The van der Waals surface area contributed by atoms with Crippen molar-refractivity contribution in [3.63, 3.8) is 0 Å². The quantitative estimate of drug-likeness (QED) is 0.267. The van der Waals surface area contributed by atoms with Crippen LogP contribution in [0.1, 0.15) is 17.3 Å². The Hall–Kier alpha value is -3.56. The maximum atomic E-state index is 11.4. The van der Waals surface area contributed by atoms with E-state index in [9.17, 15) is 14.7 Å². The number of carboxylic acids is 1. The highest BCUT2D eigenvalue weighted by atomic mass is 35.5. The fourth-order valence-corrected chi connectivity index (χ4v) is 3.13. The Labute approximate surface area is 180 Å². The lowest BCUT2D eigenvalue weighted by Gasteiger charge is -2.06. The van der Waals surface area contributed by atoms with E-state index < -0.39 is 5.97 Å². The van der Waals surface area contributed by atoms with Gasteiger partial charge in [-0.05, 0) is 31.2 Å². The normalized spacial score (nSPS) is 11.8. The van der Waals surface area contributed by atoms with E-state index in [4.69, 9.17) is 11.6 Å². The number of aromatic carboxylic acids is 1. The zero-order chi connectivity index (χ0) is 21.5. The number of thiazole rings is 1. The summed E-state index contributed by atoms with van der Waals surface area (Å²) in [4.78, 5) is 27.1. The number of nitrogens with one attached hydrogen (secondary N) is 2. The van der Waals surface area contributed by atoms with Gasteiger partial charge < -0.3 is 5.11 Å². The predicted molar refractivity (Wildman–Crippen MR) is 120 cm³/mol.